The first-order valence-electron chi connectivity index (χ1n) is 9.98. The molecule has 8 nitrogen and oxygen atoms in total. The fraction of sp³-hybridized carbons (Fsp3) is 0.650. The molecule has 28 heavy (non-hydrogen) atoms. The summed E-state index contributed by atoms with van der Waals surface area (Å²) in [6.45, 7) is 3.68. The molecule has 1 aromatic rings. The van der Waals surface area contributed by atoms with Crippen LogP contribution in [0.5, 0.6) is 0 Å². The maximum absolute atomic E-state index is 12.5. The van der Waals surface area contributed by atoms with E-state index in [0.717, 1.165) is 37.2 Å². The molecular formula is C20H30N4O4. The van der Waals surface area contributed by atoms with Gasteiger partial charge in [0, 0.05) is 25.8 Å². The molecule has 2 fully saturated rings. The Hall–Kier alpha value is -2.35. The van der Waals surface area contributed by atoms with E-state index in [1.807, 2.05) is 11.9 Å². The van der Waals surface area contributed by atoms with Gasteiger partial charge in [-0.1, -0.05) is 13.0 Å². The Bertz CT molecular complexity index is 725. The lowest BCUT2D eigenvalue weighted by Crippen LogP contribution is -2.66. The molecule has 0 unspecified atom stereocenters. The number of rotatable bonds is 6. The number of pyridine rings is 1. The number of piperidine rings is 1. The Morgan fingerprint density at radius 3 is 2.50 bits per heavy atom. The van der Waals surface area contributed by atoms with Gasteiger partial charge in [-0.25, -0.2) is 9.78 Å². The van der Waals surface area contributed by atoms with Crippen LogP contribution in [0.4, 0.5) is 10.6 Å². The summed E-state index contributed by atoms with van der Waals surface area (Å²) < 4.78 is 0. The minimum absolute atomic E-state index is 0.0958. The van der Waals surface area contributed by atoms with E-state index < -0.39 is 11.6 Å². The molecule has 1 aromatic heterocycles. The van der Waals surface area contributed by atoms with Gasteiger partial charge in [0.1, 0.15) is 11.4 Å². The van der Waals surface area contributed by atoms with Gasteiger partial charge in [-0.05, 0) is 43.2 Å². The van der Waals surface area contributed by atoms with Gasteiger partial charge in [0.15, 0.2) is 0 Å². The van der Waals surface area contributed by atoms with E-state index in [9.17, 15) is 14.7 Å². The predicted molar refractivity (Wildman–Crippen MR) is 105 cm³/mol. The van der Waals surface area contributed by atoms with Crippen molar-refractivity contribution in [2.45, 2.75) is 44.6 Å². The first-order chi connectivity index (χ1) is 13.3. The zero-order chi connectivity index (χ0) is 20.3. The van der Waals surface area contributed by atoms with E-state index >= 15 is 0 Å². The van der Waals surface area contributed by atoms with Crippen LogP contribution in [-0.4, -0.2) is 75.8 Å². The van der Waals surface area contributed by atoms with E-state index in [0.29, 0.717) is 19.0 Å². The molecule has 0 aliphatic carbocycles. The van der Waals surface area contributed by atoms with Crippen LogP contribution in [0.15, 0.2) is 12.1 Å². The number of likely N-dealkylation sites (tertiary alicyclic amines) is 2. The normalized spacial score (nSPS) is 19.2. The van der Waals surface area contributed by atoms with E-state index in [1.165, 1.54) is 10.5 Å². The van der Waals surface area contributed by atoms with E-state index in [-0.39, 0.29) is 25.5 Å². The Morgan fingerprint density at radius 2 is 1.93 bits per heavy atom. The van der Waals surface area contributed by atoms with Gasteiger partial charge in [0.2, 0.25) is 0 Å². The SMILES string of the molecule is CCc1ccc(CC2CCN(C(=O)N3CC(O)(CC(=O)O)C3)CC2)nc1NC. The zero-order valence-electron chi connectivity index (χ0n) is 16.6. The number of hydrogen-bond donors (Lipinski definition) is 3. The summed E-state index contributed by atoms with van der Waals surface area (Å²) in [5.41, 5.74) is 1.01. The standard InChI is InChI=1S/C20H30N4O4/c1-3-15-4-5-16(22-18(15)21-2)10-14-6-8-23(9-7-14)19(27)24-12-20(28,13-24)11-17(25)26/h4-5,14,28H,3,6-13H2,1-2H3,(H,21,22)(H,25,26). The van der Waals surface area contributed by atoms with E-state index in [4.69, 9.17) is 10.1 Å². The number of carboxylic acid groups (broad SMARTS) is 1. The highest BCUT2D eigenvalue weighted by Crippen LogP contribution is 2.28. The lowest BCUT2D eigenvalue weighted by Gasteiger charge is -2.48. The highest BCUT2D eigenvalue weighted by molar-refractivity contribution is 5.77. The Kier molecular flexibility index (Phi) is 6.07. The number of urea groups is 1. The van der Waals surface area contributed by atoms with Gasteiger partial charge in [-0.15, -0.1) is 0 Å². The summed E-state index contributed by atoms with van der Waals surface area (Å²) in [5, 5.41) is 22.1. The number of aryl methyl sites for hydroxylation is 1. The molecule has 2 aliphatic heterocycles. The molecule has 2 saturated heterocycles. The molecule has 0 aromatic carbocycles. The lowest BCUT2D eigenvalue weighted by molar-refractivity contribution is -0.150. The highest BCUT2D eigenvalue weighted by atomic mass is 16.4. The van der Waals surface area contributed by atoms with Crippen molar-refractivity contribution < 1.29 is 19.8 Å². The van der Waals surface area contributed by atoms with Crippen LogP contribution < -0.4 is 5.32 Å². The summed E-state index contributed by atoms with van der Waals surface area (Å²) >= 11 is 0. The van der Waals surface area contributed by atoms with Gasteiger partial charge in [0.05, 0.1) is 19.5 Å². The number of β-amino-alcohol motifs (C(OH)–C–C–N with tert-alkyl or cyclic N) is 1. The number of hydrogen-bond acceptors (Lipinski definition) is 5. The fourth-order valence-electron chi connectivity index (χ4n) is 4.16. The lowest BCUT2D eigenvalue weighted by atomic mass is 9.90. The van der Waals surface area contributed by atoms with E-state index in [1.54, 1.807) is 0 Å². The smallest absolute Gasteiger partial charge is 0.320 e. The minimum atomic E-state index is -1.28. The first kappa shape index (κ1) is 20.4. The number of carbonyl (C=O) groups is 2. The molecule has 0 saturated carbocycles. The third kappa shape index (κ3) is 4.55. The minimum Gasteiger partial charge on any atom is -0.481 e. The summed E-state index contributed by atoms with van der Waals surface area (Å²) in [7, 11) is 1.89. The second-order valence-electron chi connectivity index (χ2n) is 7.98. The number of nitrogens with zero attached hydrogens (tertiary/aromatic N) is 3. The number of aliphatic carboxylic acids is 1. The van der Waals surface area contributed by atoms with Crippen molar-refractivity contribution in [3.63, 3.8) is 0 Å². The van der Waals surface area contributed by atoms with Crippen LogP contribution in [0, 0.1) is 5.92 Å². The number of aromatic nitrogens is 1. The largest absolute Gasteiger partial charge is 0.481 e. The molecule has 0 bridgehead atoms. The number of amides is 2. The quantitative estimate of drug-likeness (QED) is 0.681. The molecule has 154 valence electrons. The van der Waals surface area contributed by atoms with E-state index in [2.05, 4.69) is 24.4 Å². The molecule has 0 atom stereocenters. The summed E-state index contributed by atoms with van der Waals surface area (Å²) in [6, 6.07) is 4.13. The average Bonchev–Trinajstić information content (AvgIpc) is 2.65. The second kappa shape index (κ2) is 8.34. The number of anilines is 1. The molecule has 2 aliphatic rings. The van der Waals surface area contributed by atoms with Crippen LogP contribution in [-0.2, 0) is 17.6 Å². The monoisotopic (exact) mass is 390 g/mol. The molecule has 0 spiro atoms. The van der Waals surface area contributed by atoms with Crippen molar-refractivity contribution in [3.05, 3.63) is 23.4 Å². The molecule has 3 N–H and O–H groups in total. The summed E-state index contributed by atoms with van der Waals surface area (Å²) in [4.78, 5) is 31.4. The maximum atomic E-state index is 12.5. The molecule has 8 heteroatoms. The number of nitrogens with one attached hydrogen (secondary N) is 1. The van der Waals surface area contributed by atoms with Gasteiger partial charge < -0.3 is 25.3 Å². The van der Waals surface area contributed by atoms with Gasteiger partial charge in [0.25, 0.3) is 0 Å². The first-order valence-corrected chi connectivity index (χ1v) is 9.98. The van der Waals surface area contributed by atoms with Crippen molar-refractivity contribution in [2.24, 2.45) is 5.92 Å². The Labute approximate surface area is 165 Å². The average molecular weight is 390 g/mol. The molecule has 0 radical (unpaired) electrons. The third-order valence-electron chi connectivity index (χ3n) is 5.76. The van der Waals surface area contributed by atoms with Gasteiger partial charge in [-0.3, -0.25) is 4.79 Å². The van der Waals surface area contributed by atoms with Crippen LogP contribution in [0.3, 0.4) is 0 Å². The molecule has 3 heterocycles. The highest BCUT2D eigenvalue weighted by Gasteiger charge is 2.46. The van der Waals surface area contributed by atoms with Gasteiger partial charge in [-0.2, -0.15) is 0 Å². The molecule has 2 amide bonds. The number of carbonyl (C=O) groups excluding carboxylic acids is 1. The number of aliphatic hydroxyl groups is 1. The Balaban J connectivity index is 1.47. The second-order valence-corrected chi connectivity index (χ2v) is 7.98. The fourth-order valence-corrected chi connectivity index (χ4v) is 4.16. The van der Waals surface area contributed by atoms with Crippen molar-refractivity contribution in [1.82, 2.24) is 14.8 Å². The summed E-state index contributed by atoms with van der Waals surface area (Å²) in [6.07, 6.45) is 3.37. The van der Waals surface area contributed by atoms with Gasteiger partial charge >= 0.3 is 12.0 Å². The topological polar surface area (TPSA) is 106 Å². The van der Waals surface area contributed by atoms with Crippen molar-refractivity contribution >= 4 is 17.8 Å². The zero-order valence-corrected chi connectivity index (χ0v) is 16.6. The van der Waals surface area contributed by atoms with Crippen molar-refractivity contribution in [2.75, 3.05) is 38.5 Å². The Morgan fingerprint density at radius 1 is 1.25 bits per heavy atom. The van der Waals surface area contributed by atoms with Crippen LogP contribution in [0.1, 0.15) is 37.4 Å². The maximum Gasteiger partial charge on any atom is 0.320 e. The van der Waals surface area contributed by atoms with Crippen LogP contribution in [0.2, 0.25) is 0 Å². The van der Waals surface area contributed by atoms with Crippen LogP contribution in [0.25, 0.3) is 0 Å². The van der Waals surface area contributed by atoms with Crippen molar-refractivity contribution in [3.8, 4) is 0 Å². The third-order valence-corrected chi connectivity index (χ3v) is 5.76. The summed E-state index contributed by atoms with van der Waals surface area (Å²) in [5.74, 6) is 0.394. The van der Waals surface area contributed by atoms with Crippen molar-refractivity contribution in [1.29, 1.82) is 0 Å². The molecular weight excluding hydrogens is 360 g/mol. The molecule has 3 rings (SSSR count). The van der Waals surface area contributed by atoms with Crippen LogP contribution >= 0.6 is 0 Å². The predicted octanol–water partition coefficient (Wildman–Crippen LogP) is 1.58. The number of carboxylic acids is 1.